The van der Waals surface area contributed by atoms with Gasteiger partial charge in [0.25, 0.3) is 0 Å². The highest BCUT2D eigenvalue weighted by molar-refractivity contribution is 4.99. The summed E-state index contributed by atoms with van der Waals surface area (Å²) in [6, 6.07) is 0.539. The van der Waals surface area contributed by atoms with Gasteiger partial charge >= 0.3 is 0 Å². The second-order valence-corrected chi connectivity index (χ2v) is 7.66. The van der Waals surface area contributed by atoms with Crippen LogP contribution >= 0.6 is 0 Å². The maximum Gasteiger partial charge on any atom is 0.0831 e. The second-order valence-electron chi connectivity index (χ2n) is 7.66. The minimum atomic E-state index is 0.0901. The van der Waals surface area contributed by atoms with E-state index in [1.54, 1.807) is 0 Å². The lowest BCUT2D eigenvalue weighted by Crippen LogP contribution is -2.54. The van der Waals surface area contributed by atoms with E-state index in [2.05, 4.69) is 26.2 Å². The average Bonchev–Trinajstić information content (AvgIpc) is 2.90. The molecule has 2 fully saturated rings. The number of ether oxygens (including phenoxy) is 1. The summed E-state index contributed by atoms with van der Waals surface area (Å²) < 4.78 is 6.07. The Morgan fingerprint density at radius 1 is 1.11 bits per heavy atom. The van der Waals surface area contributed by atoms with Crippen molar-refractivity contribution >= 4 is 0 Å². The zero-order valence-electron chi connectivity index (χ0n) is 13.4. The first-order valence-electron chi connectivity index (χ1n) is 8.24. The van der Waals surface area contributed by atoms with Crippen molar-refractivity contribution in [3.8, 4) is 0 Å². The molecule has 0 saturated heterocycles. The minimum Gasteiger partial charge on any atom is -0.377 e. The van der Waals surface area contributed by atoms with E-state index in [4.69, 9.17) is 4.74 Å². The number of hydrogen-bond donors (Lipinski definition) is 1. The molecule has 0 aromatic rings. The van der Waals surface area contributed by atoms with E-state index in [9.17, 15) is 0 Å². The number of hydrogen-bond acceptors (Lipinski definition) is 2. The van der Waals surface area contributed by atoms with Crippen LogP contribution in [0.1, 0.15) is 71.6 Å². The van der Waals surface area contributed by atoms with Crippen molar-refractivity contribution in [1.82, 2.24) is 5.32 Å². The van der Waals surface area contributed by atoms with Gasteiger partial charge in [-0.2, -0.15) is 0 Å². The SMILES string of the molecule is CNC(CC1CCCC1)C1(OC)CCC(C)(C)CC1. The molecule has 0 aromatic heterocycles. The molecule has 2 aliphatic rings. The van der Waals surface area contributed by atoms with E-state index in [1.165, 1.54) is 57.8 Å². The van der Waals surface area contributed by atoms with Gasteiger partial charge in [0.1, 0.15) is 0 Å². The summed E-state index contributed by atoms with van der Waals surface area (Å²) in [5, 5.41) is 3.59. The van der Waals surface area contributed by atoms with Crippen molar-refractivity contribution in [3.05, 3.63) is 0 Å². The largest absolute Gasteiger partial charge is 0.377 e. The molecule has 2 saturated carbocycles. The van der Waals surface area contributed by atoms with Crippen LogP contribution in [-0.4, -0.2) is 25.8 Å². The normalized spacial score (nSPS) is 28.4. The summed E-state index contributed by atoms with van der Waals surface area (Å²) >= 11 is 0. The second kappa shape index (κ2) is 6.13. The van der Waals surface area contributed by atoms with Gasteiger partial charge in [-0.1, -0.05) is 39.5 Å². The minimum absolute atomic E-state index is 0.0901. The maximum atomic E-state index is 6.07. The molecule has 1 atom stereocenters. The molecule has 0 aromatic carbocycles. The van der Waals surface area contributed by atoms with Gasteiger partial charge in [0.2, 0.25) is 0 Å². The van der Waals surface area contributed by atoms with E-state index in [-0.39, 0.29) is 5.60 Å². The fourth-order valence-corrected chi connectivity index (χ4v) is 4.22. The van der Waals surface area contributed by atoms with Gasteiger partial charge in [0, 0.05) is 13.2 Å². The molecule has 1 N–H and O–H groups in total. The third-order valence-corrected chi connectivity index (χ3v) is 5.88. The van der Waals surface area contributed by atoms with Crippen molar-refractivity contribution in [1.29, 1.82) is 0 Å². The summed E-state index contributed by atoms with van der Waals surface area (Å²) in [5.41, 5.74) is 0.598. The Balaban J connectivity index is 2.01. The van der Waals surface area contributed by atoms with Crippen LogP contribution in [0.25, 0.3) is 0 Å². The first-order chi connectivity index (χ1) is 9.01. The maximum absolute atomic E-state index is 6.07. The van der Waals surface area contributed by atoms with E-state index in [0.29, 0.717) is 11.5 Å². The predicted molar refractivity (Wildman–Crippen MR) is 81.4 cm³/mol. The molecule has 2 rings (SSSR count). The Bertz CT molecular complexity index is 271. The van der Waals surface area contributed by atoms with Gasteiger partial charge in [0.05, 0.1) is 5.60 Å². The fraction of sp³-hybridized carbons (Fsp3) is 1.00. The Kier molecular flexibility index (Phi) is 4.94. The first kappa shape index (κ1) is 15.3. The van der Waals surface area contributed by atoms with Crippen LogP contribution in [0.15, 0.2) is 0 Å². The average molecular weight is 267 g/mol. The third-order valence-electron chi connectivity index (χ3n) is 5.88. The molecule has 0 aliphatic heterocycles. The van der Waals surface area contributed by atoms with E-state index >= 15 is 0 Å². The summed E-state index contributed by atoms with van der Waals surface area (Å²) in [4.78, 5) is 0. The smallest absolute Gasteiger partial charge is 0.0831 e. The highest BCUT2D eigenvalue weighted by Crippen LogP contribution is 2.45. The van der Waals surface area contributed by atoms with Gasteiger partial charge in [0.15, 0.2) is 0 Å². The number of nitrogens with one attached hydrogen (secondary N) is 1. The number of rotatable bonds is 5. The Labute approximate surface area is 119 Å². The van der Waals surface area contributed by atoms with Crippen molar-refractivity contribution in [2.24, 2.45) is 11.3 Å². The lowest BCUT2D eigenvalue weighted by Gasteiger charge is -2.47. The molecule has 0 spiro atoms. The zero-order chi connectivity index (χ0) is 13.9. The van der Waals surface area contributed by atoms with Crippen LogP contribution < -0.4 is 5.32 Å². The highest BCUT2D eigenvalue weighted by atomic mass is 16.5. The van der Waals surface area contributed by atoms with Gasteiger partial charge in [-0.25, -0.2) is 0 Å². The van der Waals surface area contributed by atoms with Crippen LogP contribution in [0.2, 0.25) is 0 Å². The van der Waals surface area contributed by atoms with Crippen LogP contribution in [0.3, 0.4) is 0 Å². The van der Waals surface area contributed by atoms with Crippen molar-refractivity contribution in [2.75, 3.05) is 14.2 Å². The Morgan fingerprint density at radius 3 is 2.16 bits per heavy atom. The zero-order valence-corrected chi connectivity index (χ0v) is 13.4. The molecule has 0 amide bonds. The standard InChI is InChI=1S/C17H33NO/c1-16(2)9-11-17(19-4,12-10-16)15(18-3)13-14-7-5-6-8-14/h14-15,18H,5-13H2,1-4H3. The Morgan fingerprint density at radius 2 is 1.68 bits per heavy atom. The fourth-order valence-electron chi connectivity index (χ4n) is 4.22. The van der Waals surface area contributed by atoms with Gasteiger partial charge in [-0.15, -0.1) is 0 Å². The van der Waals surface area contributed by atoms with E-state index in [1.807, 2.05) is 7.11 Å². The van der Waals surface area contributed by atoms with Gasteiger partial charge in [-0.3, -0.25) is 0 Å². The summed E-state index contributed by atoms with van der Waals surface area (Å²) in [7, 11) is 4.05. The molecule has 2 aliphatic carbocycles. The number of likely N-dealkylation sites (N-methyl/N-ethyl adjacent to an activating group) is 1. The molecule has 0 heterocycles. The highest BCUT2D eigenvalue weighted by Gasteiger charge is 2.44. The quantitative estimate of drug-likeness (QED) is 0.808. The molecular weight excluding hydrogens is 234 g/mol. The van der Waals surface area contributed by atoms with Crippen LogP contribution in [0.5, 0.6) is 0 Å². The first-order valence-corrected chi connectivity index (χ1v) is 8.24. The van der Waals surface area contributed by atoms with Gasteiger partial charge in [-0.05, 0) is 50.5 Å². The van der Waals surface area contributed by atoms with Crippen molar-refractivity contribution in [2.45, 2.75) is 83.3 Å². The predicted octanol–water partition coefficient (Wildman–Crippen LogP) is 4.14. The topological polar surface area (TPSA) is 21.3 Å². The molecule has 0 bridgehead atoms. The molecule has 112 valence electrons. The van der Waals surface area contributed by atoms with Gasteiger partial charge < -0.3 is 10.1 Å². The lowest BCUT2D eigenvalue weighted by molar-refractivity contribution is -0.0891. The third kappa shape index (κ3) is 3.52. The molecule has 0 radical (unpaired) electrons. The molecule has 1 unspecified atom stereocenters. The molecular formula is C17H33NO. The number of methoxy groups -OCH3 is 1. The summed E-state index contributed by atoms with van der Waals surface area (Å²) in [5.74, 6) is 0.930. The van der Waals surface area contributed by atoms with E-state index in [0.717, 1.165) is 5.92 Å². The molecule has 2 heteroatoms. The van der Waals surface area contributed by atoms with Crippen LogP contribution in [0, 0.1) is 11.3 Å². The summed E-state index contributed by atoms with van der Waals surface area (Å²) in [6.45, 7) is 4.80. The van der Waals surface area contributed by atoms with Crippen molar-refractivity contribution < 1.29 is 4.74 Å². The molecule has 2 nitrogen and oxygen atoms in total. The van der Waals surface area contributed by atoms with Crippen LogP contribution in [-0.2, 0) is 4.74 Å². The summed E-state index contributed by atoms with van der Waals surface area (Å²) in [6.07, 6.45) is 12.1. The lowest BCUT2D eigenvalue weighted by atomic mass is 9.67. The monoisotopic (exact) mass is 267 g/mol. The van der Waals surface area contributed by atoms with Crippen molar-refractivity contribution in [3.63, 3.8) is 0 Å². The molecule has 19 heavy (non-hydrogen) atoms. The van der Waals surface area contributed by atoms with Crippen LogP contribution in [0.4, 0.5) is 0 Å². The Hall–Kier alpha value is -0.0800. The van der Waals surface area contributed by atoms with E-state index < -0.39 is 0 Å².